The van der Waals surface area contributed by atoms with Crippen molar-refractivity contribution in [2.24, 2.45) is 5.92 Å². The number of nitrogens with one attached hydrogen (secondary N) is 3. The molecule has 47 heavy (non-hydrogen) atoms. The first-order valence-electron chi connectivity index (χ1n) is 15.3. The molecule has 1 saturated heterocycles. The Balaban J connectivity index is 1.42. The lowest BCUT2D eigenvalue weighted by Crippen LogP contribution is -2.47. The Kier molecular flexibility index (Phi) is 10.5. The maximum absolute atomic E-state index is 15.8. The molecule has 1 aliphatic heterocycles. The van der Waals surface area contributed by atoms with Crippen LogP contribution in [0.1, 0.15) is 40.7 Å². The van der Waals surface area contributed by atoms with Crippen LogP contribution in [-0.2, 0) is 16.0 Å². The van der Waals surface area contributed by atoms with Crippen LogP contribution in [-0.4, -0.2) is 68.0 Å². The van der Waals surface area contributed by atoms with Gasteiger partial charge in [-0.1, -0.05) is 10.5 Å². The highest BCUT2D eigenvalue weighted by atomic mass is 19.3. The second kappa shape index (κ2) is 14.5. The molecular formula is C34H36F5N5O3. The van der Waals surface area contributed by atoms with E-state index in [9.17, 15) is 18.4 Å². The smallest absolute Gasteiger partial charge is 0.330 e. The van der Waals surface area contributed by atoms with E-state index in [1.54, 1.807) is 18.2 Å². The number of alkyl halides is 2. The standard InChI is InChI=1S/C34H36F5N5O3/c1-43(2)11-3-10-40-26-5-6-27(31(19-26)44(39)33(46)34(37,38)23-8-12-47-13-9-23)32(45)42-30-20-41-29-7-4-21(17-28(29)30)14-22-15-24(35)18-25(36)16-22/h4-7,15-20,23,40-41H,3,8-14H2,1-2H3,(H,42,45). The number of halogens is 5. The minimum absolute atomic E-state index is 0.0330. The molecule has 5 rings (SSSR count). The van der Waals surface area contributed by atoms with Gasteiger partial charge in [0.25, 0.3) is 5.91 Å². The molecule has 0 spiro atoms. The maximum atomic E-state index is 15.8. The van der Waals surface area contributed by atoms with Crippen LogP contribution in [0.25, 0.3) is 10.9 Å². The number of carbonyl (C=O) groups is 2. The molecule has 0 aliphatic carbocycles. The number of hydrogen-bond acceptors (Lipinski definition) is 5. The summed E-state index contributed by atoms with van der Waals surface area (Å²) in [6, 6.07) is 12.4. The van der Waals surface area contributed by atoms with Gasteiger partial charge in [-0.2, -0.15) is 8.78 Å². The second-order valence-electron chi connectivity index (χ2n) is 11.9. The summed E-state index contributed by atoms with van der Waals surface area (Å²) >= 11 is 0. The summed E-state index contributed by atoms with van der Waals surface area (Å²) in [5, 5.41) is 5.68. The quantitative estimate of drug-likeness (QED) is 0.0874. The van der Waals surface area contributed by atoms with Gasteiger partial charge in [0.2, 0.25) is 0 Å². The van der Waals surface area contributed by atoms with Crippen molar-refractivity contribution in [2.75, 3.05) is 56.2 Å². The van der Waals surface area contributed by atoms with E-state index in [2.05, 4.69) is 15.6 Å². The molecule has 1 aromatic heterocycles. The summed E-state index contributed by atoms with van der Waals surface area (Å²) in [5.74, 6) is -9.74. The number of nitrogens with zero attached hydrogens (tertiary/aromatic N) is 2. The second-order valence-corrected chi connectivity index (χ2v) is 11.9. The van der Waals surface area contributed by atoms with Gasteiger partial charge >= 0.3 is 11.8 Å². The molecular weight excluding hydrogens is 621 g/mol. The fourth-order valence-electron chi connectivity index (χ4n) is 5.62. The van der Waals surface area contributed by atoms with E-state index in [1.165, 1.54) is 30.5 Å². The van der Waals surface area contributed by atoms with Gasteiger partial charge in [-0.05, 0) is 99.9 Å². The van der Waals surface area contributed by atoms with Crippen LogP contribution in [0.5, 0.6) is 0 Å². The Morgan fingerprint density at radius 2 is 1.70 bits per heavy atom. The Hall–Kier alpha value is -4.49. The fraction of sp³-hybridized carbons (Fsp3) is 0.353. The van der Waals surface area contributed by atoms with Crippen LogP contribution >= 0.6 is 0 Å². The van der Waals surface area contributed by atoms with Gasteiger partial charge in [0, 0.05) is 54.5 Å². The molecule has 8 nitrogen and oxygen atoms in total. The molecule has 2 heterocycles. The predicted octanol–water partition coefficient (Wildman–Crippen LogP) is 6.93. The number of hydrogen-bond donors (Lipinski definition) is 3. The van der Waals surface area contributed by atoms with Crippen molar-refractivity contribution in [3.8, 4) is 0 Å². The first kappa shape index (κ1) is 33.9. The number of fused-ring (bicyclic) bond motifs is 1. The number of aromatic amines is 1. The molecule has 2 amide bonds. The van der Waals surface area contributed by atoms with Crippen LogP contribution in [0.2, 0.25) is 0 Å². The fourth-order valence-corrected chi connectivity index (χ4v) is 5.62. The summed E-state index contributed by atoms with van der Waals surface area (Å²) in [6.07, 6.45) is 2.22. The van der Waals surface area contributed by atoms with Crippen molar-refractivity contribution < 1.29 is 36.4 Å². The number of benzene rings is 3. The topological polar surface area (TPSA) is 89.7 Å². The lowest BCUT2D eigenvalue weighted by molar-refractivity contribution is -0.159. The van der Waals surface area contributed by atoms with Crippen molar-refractivity contribution in [1.29, 1.82) is 0 Å². The summed E-state index contributed by atoms with van der Waals surface area (Å²) in [4.78, 5) is 31.6. The molecule has 250 valence electrons. The van der Waals surface area contributed by atoms with Crippen LogP contribution < -0.4 is 15.8 Å². The predicted molar refractivity (Wildman–Crippen MR) is 171 cm³/mol. The highest BCUT2D eigenvalue weighted by Crippen LogP contribution is 2.37. The summed E-state index contributed by atoms with van der Waals surface area (Å²) in [7, 11) is 3.83. The first-order chi connectivity index (χ1) is 22.4. The minimum atomic E-state index is -4.03. The van der Waals surface area contributed by atoms with E-state index in [1.807, 2.05) is 19.0 Å². The van der Waals surface area contributed by atoms with Crippen LogP contribution in [0.15, 0.2) is 60.8 Å². The number of amides is 2. The van der Waals surface area contributed by atoms with Gasteiger partial charge in [-0.15, -0.1) is 5.12 Å². The SMILES string of the molecule is CN(C)CCCNc1ccc(C(=O)Nc2c[nH]c3ccc(Cc4cc(F)cc(F)c4)cc23)c(N(F)C(=O)C(F)(F)C2CCOCC2)c1. The summed E-state index contributed by atoms with van der Waals surface area (Å²) < 4.78 is 78.9. The monoisotopic (exact) mass is 657 g/mol. The largest absolute Gasteiger partial charge is 0.385 e. The normalized spacial score (nSPS) is 14.0. The van der Waals surface area contributed by atoms with Crippen LogP contribution in [0.4, 0.5) is 39.1 Å². The average Bonchev–Trinajstić information content (AvgIpc) is 3.43. The highest BCUT2D eigenvalue weighted by Gasteiger charge is 2.51. The maximum Gasteiger partial charge on any atom is 0.330 e. The van der Waals surface area contributed by atoms with E-state index in [0.29, 0.717) is 39.9 Å². The van der Waals surface area contributed by atoms with E-state index >= 15 is 13.3 Å². The Bertz CT molecular complexity index is 1720. The molecule has 1 aliphatic rings. The lowest BCUT2D eigenvalue weighted by atomic mass is 9.92. The van der Waals surface area contributed by atoms with Crippen molar-refractivity contribution in [2.45, 2.75) is 31.6 Å². The third-order valence-corrected chi connectivity index (χ3v) is 8.09. The van der Waals surface area contributed by atoms with Gasteiger partial charge in [-0.3, -0.25) is 9.59 Å². The van der Waals surface area contributed by atoms with E-state index in [4.69, 9.17) is 4.74 Å². The number of aromatic nitrogens is 1. The van der Waals surface area contributed by atoms with Crippen molar-refractivity contribution in [3.63, 3.8) is 0 Å². The van der Waals surface area contributed by atoms with E-state index < -0.39 is 46.1 Å². The van der Waals surface area contributed by atoms with Crippen LogP contribution in [0.3, 0.4) is 0 Å². The van der Waals surface area contributed by atoms with Crippen molar-refractivity contribution >= 4 is 39.8 Å². The summed E-state index contributed by atoms with van der Waals surface area (Å²) in [6.45, 7) is 1.30. The zero-order chi connectivity index (χ0) is 33.7. The Labute approximate surface area is 268 Å². The number of carbonyl (C=O) groups excluding carboxylic acids is 2. The first-order valence-corrected chi connectivity index (χ1v) is 15.3. The minimum Gasteiger partial charge on any atom is -0.385 e. The zero-order valence-electron chi connectivity index (χ0n) is 26.0. The zero-order valence-corrected chi connectivity index (χ0v) is 26.0. The Morgan fingerprint density at radius 1 is 0.979 bits per heavy atom. The average molecular weight is 658 g/mol. The third-order valence-electron chi connectivity index (χ3n) is 8.09. The van der Waals surface area contributed by atoms with Gasteiger partial charge in [-0.25, -0.2) is 8.78 Å². The van der Waals surface area contributed by atoms with Gasteiger partial charge in [0.05, 0.1) is 16.9 Å². The number of anilines is 3. The van der Waals surface area contributed by atoms with E-state index in [0.717, 1.165) is 25.1 Å². The van der Waals surface area contributed by atoms with E-state index in [-0.39, 0.29) is 38.0 Å². The van der Waals surface area contributed by atoms with Crippen molar-refractivity contribution in [1.82, 2.24) is 9.88 Å². The summed E-state index contributed by atoms with van der Waals surface area (Å²) in [5.41, 5.74) is 1.38. The third kappa shape index (κ3) is 8.09. The van der Waals surface area contributed by atoms with Gasteiger partial charge in [0.1, 0.15) is 11.6 Å². The number of ether oxygens (including phenoxy) is 1. The molecule has 3 aromatic carbocycles. The number of H-pyrrole nitrogens is 1. The van der Waals surface area contributed by atoms with Crippen LogP contribution in [0, 0.1) is 17.6 Å². The van der Waals surface area contributed by atoms with Gasteiger partial charge in [0.15, 0.2) is 0 Å². The van der Waals surface area contributed by atoms with Crippen molar-refractivity contribution in [3.05, 3.63) is 89.1 Å². The molecule has 13 heteroatoms. The molecule has 0 saturated carbocycles. The van der Waals surface area contributed by atoms with Gasteiger partial charge < -0.3 is 25.3 Å². The molecule has 0 bridgehead atoms. The molecule has 0 atom stereocenters. The molecule has 4 aromatic rings. The Morgan fingerprint density at radius 3 is 2.40 bits per heavy atom. The molecule has 3 N–H and O–H groups in total. The number of rotatable bonds is 12. The lowest BCUT2D eigenvalue weighted by Gasteiger charge is -2.30. The molecule has 0 unspecified atom stereocenters. The molecule has 1 fully saturated rings. The molecule has 0 radical (unpaired) electrons. The highest BCUT2D eigenvalue weighted by molar-refractivity contribution is 6.13.